The third kappa shape index (κ3) is 5.89. The van der Waals surface area contributed by atoms with E-state index >= 15 is 0 Å². The maximum atomic E-state index is 12.2. The lowest BCUT2D eigenvalue weighted by Crippen LogP contribution is -2.31. The molecule has 1 heterocycles. The van der Waals surface area contributed by atoms with E-state index in [0.29, 0.717) is 17.0 Å². The van der Waals surface area contributed by atoms with Gasteiger partial charge in [0.1, 0.15) is 12.3 Å². The molecule has 3 rings (SSSR count). The lowest BCUT2D eigenvalue weighted by Gasteiger charge is -2.11. The first-order valence-corrected chi connectivity index (χ1v) is 9.36. The van der Waals surface area contributed by atoms with Crippen LogP contribution in [0.1, 0.15) is 21.7 Å². The molecule has 0 spiro atoms. The average molecular weight is 422 g/mol. The third-order valence-electron chi connectivity index (χ3n) is 4.20. The molecule has 160 valence electrons. The summed E-state index contributed by atoms with van der Waals surface area (Å²) in [4.78, 5) is 36.4. The van der Waals surface area contributed by atoms with Crippen molar-refractivity contribution in [3.05, 3.63) is 65.5 Å². The number of aromatic nitrogens is 3. The van der Waals surface area contributed by atoms with Crippen LogP contribution in [0.5, 0.6) is 5.75 Å². The van der Waals surface area contributed by atoms with Gasteiger partial charge in [0.05, 0.1) is 12.8 Å². The van der Waals surface area contributed by atoms with E-state index in [-0.39, 0.29) is 36.8 Å². The van der Waals surface area contributed by atoms with E-state index in [4.69, 9.17) is 15.2 Å². The van der Waals surface area contributed by atoms with E-state index < -0.39 is 5.97 Å². The van der Waals surface area contributed by atoms with Gasteiger partial charge in [-0.1, -0.05) is 30.3 Å². The fourth-order valence-electron chi connectivity index (χ4n) is 2.70. The molecule has 31 heavy (non-hydrogen) atoms. The molecule has 1 aromatic heterocycles. The number of rotatable bonds is 8. The SMILES string of the molecule is COc1ccccc1Nc1nc(N)nc(COC(=O)CNC(=O)c2ccccc2C)n1. The summed E-state index contributed by atoms with van der Waals surface area (Å²) in [5.41, 5.74) is 7.68. The van der Waals surface area contributed by atoms with Crippen molar-refractivity contribution in [2.24, 2.45) is 0 Å². The number of hydrogen-bond acceptors (Lipinski definition) is 9. The molecule has 0 aliphatic rings. The molecule has 10 heteroatoms. The Morgan fingerprint density at radius 2 is 1.77 bits per heavy atom. The number of hydrogen-bond donors (Lipinski definition) is 3. The Labute approximate surface area is 178 Å². The number of amides is 1. The molecule has 0 atom stereocenters. The van der Waals surface area contributed by atoms with Crippen molar-refractivity contribution in [3.8, 4) is 5.75 Å². The van der Waals surface area contributed by atoms with Crippen LogP contribution in [0.25, 0.3) is 0 Å². The van der Waals surface area contributed by atoms with Gasteiger partial charge in [0.2, 0.25) is 11.9 Å². The molecule has 10 nitrogen and oxygen atoms in total. The van der Waals surface area contributed by atoms with Crippen LogP contribution in [0.3, 0.4) is 0 Å². The highest BCUT2D eigenvalue weighted by Crippen LogP contribution is 2.25. The number of esters is 1. The minimum Gasteiger partial charge on any atom is -0.495 e. The summed E-state index contributed by atoms with van der Waals surface area (Å²) < 4.78 is 10.4. The second-order valence-corrected chi connectivity index (χ2v) is 6.42. The molecule has 0 aliphatic carbocycles. The highest BCUT2D eigenvalue weighted by Gasteiger charge is 2.13. The van der Waals surface area contributed by atoms with E-state index in [9.17, 15) is 9.59 Å². The van der Waals surface area contributed by atoms with Gasteiger partial charge in [-0.05, 0) is 30.7 Å². The molecule has 1 amide bonds. The number of benzene rings is 2. The molecule has 3 aromatic rings. The maximum absolute atomic E-state index is 12.2. The van der Waals surface area contributed by atoms with Gasteiger partial charge in [0.25, 0.3) is 5.91 Å². The summed E-state index contributed by atoms with van der Waals surface area (Å²) in [6, 6.07) is 14.3. The Morgan fingerprint density at radius 1 is 1.03 bits per heavy atom. The number of methoxy groups -OCH3 is 1. The van der Waals surface area contributed by atoms with Gasteiger partial charge in [-0.3, -0.25) is 9.59 Å². The number of nitrogen functional groups attached to an aromatic ring is 1. The average Bonchev–Trinajstić information content (AvgIpc) is 2.76. The topological polar surface area (TPSA) is 141 Å². The predicted octanol–water partition coefficient (Wildman–Crippen LogP) is 1.99. The van der Waals surface area contributed by atoms with Crippen LogP contribution in [-0.2, 0) is 16.1 Å². The number of nitrogens with zero attached hydrogens (tertiary/aromatic N) is 3. The zero-order chi connectivity index (χ0) is 22.2. The van der Waals surface area contributed by atoms with Crippen molar-refractivity contribution in [2.45, 2.75) is 13.5 Å². The zero-order valence-electron chi connectivity index (χ0n) is 17.1. The largest absolute Gasteiger partial charge is 0.495 e. The van der Waals surface area contributed by atoms with Crippen LogP contribution in [0.15, 0.2) is 48.5 Å². The molecule has 2 aromatic carbocycles. The van der Waals surface area contributed by atoms with Gasteiger partial charge >= 0.3 is 5.97 Å². The summed E-state index contributed by atoms with van der Waals surface area (Å²) >= 11 is 0. The Bertz CT molecular complexity index is 1090. The Morgan fingerprint density at radius 3 is 2.55 bits per heavy atom. The fraction of sp³-hybridized carbons (Fsp3) is 0.190. The van der Waals surface area contributed by atoms with Gasteiger partial charge in [-0.2, -0.15) is 15.0 Å². The first-order chi connectivity index (χ1) is 15.0. The first kappa shape index (κ1) is 21.5. The molecule has 0 radical (unpaired) electrons. The maximum Gasteiger partial charge on any atom is 0.325 e. The van der Waals surface area contributed by atoms with Crippen LogP contribution < -0.4 is 21.1 Å². The van der Waals surface area contributed by atoms with E-state index in [0.717, 1.165) is 5.56 Å². The molecule has 0 unspecified atom stereocenters. The van der Waals surface area contributed by atoms with Gasteiger partial charge in [-0.15, -0.1) is 0 Å². The first-order valence-electron chi connectivity index (χ1n) is 9.36. The molecular weight excluding hydrogens is 400 g/mol. The van der Waals surface area contributed by atoms with Crippen molar-refractivity contribution >= 4 is 29.5 Å². The number of carbonyl (C=O) groups excluding carboxylic acids is 2. The number of anilines is 3. The van der Waals surface area contributed by atoms with Crippen molar-refractivity contribution < 1.29 is 19.1 Å². The Balaban J connectivity index is 1.57. The molecule has 0 saturated heterocycles. The zero-order valence-corrected chi connectivity index (χ0v) is 17.1. The second kappa shape index (κ2) is 10.0. The number of carbonyl (C=O) groups is 2. The molecule has 0 bridgehead atoms. The number of ether oxygens (including phenoxy) is 2. The fourth-order valence-corrected chi connectivity index (χ4v) is 2.70. The van der Waals surface area contributed by atoms with Gasteiger partial charge < -0.3 is 25.8 Å². The van der Waals surface area contributed by atoms with Crippen molar-refractivity contribution in [3.63, 3.8) is 0 Å². The summed E-state index contributed by atoms with van der Waals surface area (Å²) in [6.45, 7) is 1.29. The summed E-state index contributed by atoms with van der Waals surface area (Å²) in [7, 11) is 1.55. The van der Waals surface area contributed by atoms with Gasteiger partial charge in [0.15, 0.2) is 12.4 Å². The highest BCUT2D eigenvalue weighted by atomic mass is 16.5. The molecule has 0 aliphatic heterocycles. The van der Waals surface area contributed by atoms with E-state index in [2.05, 4.69) is 25.6 Å². The van der Waals surface area contributed by atoms with Crippen molar-refractivity contribution in [1.29, 1.82) is 0 Å². The normalized spacial score (nSPS) is 10.3. The minimum absolute atomic E-state index is 0.0358. The summed E-state index contributed by atoms with van der Waals surface area (Å²) in [5, 5.41) is 5.52. The lowest BCUT2D eigenvalue weighted by atomic mass is 10.1. The number of para-hydroxylation sites is 2. The monoisotopic (exact) mass is 422 g/mol. The molecule has 4 N–H and O–H groups in total. The second-order valence-electron chi connectivity index (χ2n) is 6.42. The van der Waals surface area contributed by atoms with Crippen LogP contribution in [0.4, 0.5) is 17.6 Å². The minimum atomic E-state index is -0.639. The van der Waals surface area contributed by atoms with Gasteiger partial charge in [-0.25, -0.2) is 0 Å². The number of nitrogens with one attached hydrogen (secondary N) is 2. The van der Waals surface area contributed by atoms with Crippen molar-refractivity contribution in [1.82, 2.24) is 20.3 Å². The van der Waals surface area contributed by atoms with Gasteiger partial charge in [0, 0.05) is 5.56 Å². The predicted molar refractivity (Wildman–Crippen MR) is 114 cm³/mol. The smallest absolute Gasteiger partial charge is 0.325 e. The van der Waals surface area contributed by atoms with Crippen molar-refractivity contribution in [2.75, 3.05) is 24.7 Å². The van der Waals surface area contributed by atoms with Crippen LogP contribution in [-0.4, -0.2) is 40.5 Å². The van der Waals surface area contributed by atoms with E-state index in [1.54, 1.807) is 31.4 Å². The third-order valence-corrected chi connectivity index (χ3v) is 4.20. The Hall–Kier alpha value is -4.21. The summed E-state index contributed by atoms with van der Waals surface area (Å²) in [6.07, 6.45) is 0. The Kier molecular flexibility index (Phi) is 6.94. The van der Waals surface area contributed by atoms with E-state index in [1.807, 2.05) is 31.2 Å². The molecular formula is C21H22N6O4. The highest BCUT2D eigenvalue weighted by molar-refractivity contribution is 5.97. The lowest BCUT2D eigenvalue weighted by molar-refractivity contribution is -0.143. The molecule has 0 saturated carbocycles. The standard InChI is InChI=1S/C21H22N6O4/c1-13-7-3-4-8-14(13)19(29)23-11-18(28)31-12-17-25-20(22)27-21(26-17)24-15-9-5-6-10-16(15)30-2/h3-10H,11-12H2,1-2H3,(H,23,29)(H3,22,24,25,26,27). The summed E-state index contributed by atoms with van der Waals surface area (Å²) in [5.74, 6) is -0.104. The number of aryl methyl sites for hydroxylation is 1. The number of nitrogens with two attached hydrogens (primary N) is 1. The van der Waals surface area contributed by atoms with E-state index in [1.165, 1.54) is 0 Å². The van der Waals surface area contributed by atoms with Crippen LogP contribution in [0, 0.1) is 6.92 Å². The van der Waals surface area contributed by atoms with Crippen LogP contribution >= 0.6 is 0 Å². The quantitative estimate of drug-likeness (QED) is 0.465. The molecule has 0 fully saturated rings. The van der Waals surface area contributed by atoms with Crippen LogP contribution in [0.2, 0.25) is 0 Å².